The van der Waals surface area contributed by atoms with Gasteiger partial charge in [0.05, 0.1) is 5.39 Å². The molecule has 2 aliphatic rings. The maximum absolute atomic E-state index is 12.1. The highest BCUT2D eigenvalue weighted by Gasteiger charge is 2.22. The Kier molecular flexibility index (Phi) is 4.88. The lowest BCUT2D eigenvalue weighted by Gasteiger charge is -2.20. The molecule has 6 heteroatoms. The fourth-order valence-electron chi connectivity index (χ4n) is 3.98. The third-order valence-electron chi connectivity index (χ3n) is 5.25. The molecule has 1 aliphatic carbocycles. The normalized spacial score (nSPS) is 17.8. The van der Waals surface area contributed by atoms with Gasteiger partial charge in [-0.2, -0.15) is 0 Å². The number of nitrogens with one attached hydrogen (secondary N) is 1. The third-order valence-corrected chi connectivity index (χ3v) is 6.43. The van der Waals surface area contributed by atoms with Crippen LogP contribution in [0.3, 0.4) is 0 Å². The van der Waals surface area contributed by atoms with Crippen molar-refractivity contribution >= 4 is 33.3 Å². The molecule has 0 spiro atoms. The number of nitrogens with zero attached hydrogens (tertiary/aromatic N) is 3. The molecule has 2 aromatic rings. The summed E-state index contributed by atoms with van der Waals surface area (Å²) in [4.78, 5) is 26.0. The Morgan fingerprint density at radius 3 is 2.96 bits per heavy atom. The van der Waals surface area contributed by atoms with Gasteiger partial charge in [-0.05, 0) is 51.0 Å². The number of hydrogen-bond acceptors (Lipinski definition) is 5. The lowest BCUT2D eigenvalue weighted by atomic mass is 10.2. The van der Waals surface area contributed by atoms with Crippen LogP contribution in [0.1, 0.15) is 54.8 Å². The van der Waals surface area contributed by atoms with Gasteiger partial charge in [-0.3, -0.25) is 4.79 Å². The molecule has 0 unspecified atom stereocenters. The summed E-state index contributed by atoms with van der Waals surface area (Å²) < 4.78 is 0. The van der Waals surface area contributed by atoms with Crippen LogP contribution in [-0.4, -0.2) is 40.4 Å². The van der Waals surface area contributed by atoms with E-state index in [4.69, 9.17) is 0 Å². The van der Waals surface area contributed by atoms with E-state index in [9.17, 15) is 4.79 Å². The number of thiophene rings is 1. The molecule has 1 aliphatic heterocycles. The van der Waals surface area contributed by atoms with Crippen molar-refractivity contribution < 1.29 is 4.79 Å². The van der Waals surface area contributed by atoms with E-state index >= 15 is 0 Å². The Hall–Kier alpha value is -1.69. The van der Waals surface area contributed by atoms with Gasteiger partial charge < -0.3 is 10.2 Å². The maximum atomic E-state index is 12.1. The van der Waals surface area contributed by atoms with Gasteiger partial charge in [0, 0.05) is 30.9 Å². The summed E-state index contributed by atoms with van der Waals surface area (Å²) in [5.41, 5.74) is 1.46. The number of amides is 1. The fraction of sp³-hybridized carbons (Fsp3) is 0.632. The standard InChI is InChI=1S/C19H26N4OS/c1-13-21-18(17-14-7-5-8-15(14)25-19(17)22-13)20-10-6-12-23-11-4-2-3-9-16(23)24/h2-12H2,1H3,(H,20,21,22). The minimum absolute atomic E-state index is 0.327. The number of fused-ring (bicyclic) bond motifs is 3. The number of anilines is 1. The highest BCUT2D eigenvalue weighted by Crippen LogP contribution is 2.39. The van der Waals surface area contributed by atoms with E-state index in [-0.39, 0.29) is 0 Å². The zero-order valence-corrected chi connectivity index (χ0v) is 15.8. The van der Waals surface area contributed by atoms with Gasteiger partial charge in [0.1, 0.15) is 16.5 Å². The monoisotopic (exact) mass is 358 g/mol. The summed E-state index contributed by atoms with van der Waals surface area (Å²) in [6, 6.07) is 0. The van der Waals surface area contributed by atoms with Crippen LogP contribution in [0.5, 0.6) is 0 Å². The van der Waals surface area contributed by atoms with E-state index < -0.39 is 0 Å². The molecule has 1 amide bonds. The van der Waals surface area contributed by atoms with E-state index in [1.54, 1.807) is 0 Å². The molecule has 1 saturated heterocycles. The predicted octanol–water partition coefficient (Wildman–Crippen LogP) is 3.69. The van der Waals surface area contributed by atoms with Crippen LogP contribution in [0.15, 0.2) is 0 Å². The highest BCUT2D eigenvalue weighted by molar-refractivity contribution is 7.19. The largest absolute Gasteiger partial charge is 0.369 e. The first-order valence-corrected chi connectivity index (χ1v) is 10.3. The van der Waals surface area contributed by atoms with Crippen LogP contribution < -0.4 is 5.32 Å². The molecule has 0 saturated carbocycles. The van der Waals surface area contributed by atoms with Crippen molar-refractivity contribution in [2.75, 3.05) is 25.0 Å². The zero-order chi connectivity index (χ0) is 17.2. The van der Waals surface area contributed by atoms with Crippen molar-refractivity contribution in [1.82, 2.24) is 14.9 Å². The Bertz CT molecular complexity index is 785. The van der Waals surface area contributed by atoms with Crippen LogP contribution in [-0.2, 0) is 17.6 Å². The van der Waals surface area contributed by atoms with Crippen molar-refractivity contribution in [3.63, 3.8) is 0 Å². The number of carbonyl (C=O) groups excluding carboxylic acids is 1. The number of carbonyl (C=O) groups is 1. The Labute approximate surface area is 152 Å². The molecular weight excluding hydrogens is 332 g/mol. The van der Waals surface area contributed by atoms with Gasteiger partial charge in [-0.25, -0.2) is 9.97 Å². The first kappa shape index (κ1) is 16.8. The number of aryl methyl sites for hydroxylation is 3. The highest BCUT2D eigenvalue weighted by atomic mass is 32.1. The lowest BCUT2D eigenvalue weighted by molar-refractivity contribution is -0.130. The molecule has 3 heterocycles. The van der Waals surface area contributed by atoms with E-state index in [0.717, 1.165) is 68.2 Å². The molecule has 0 atom stereocenters. The topological polar surface area (TPSA) is 58.1 Å². The van der Waals surface area contributed by atoms with Crippen molar-refractivity contribution in [2.45, 2.75) is 58.3 Å². The summed E-state index contributed by atoms with van der Waals surface area (Å²) >= 11 is 1.84. The van der Waals surface area contributed by atoms with Crippen LogP contribution in [0.2, 0.25) is 0 Å². The molecule has 0 aromatic carbocycles. The maximum Gasteiger partial charge on any atom is 0.222 e. The van der Waals surface area contributed by atoms with Crippen LogP contribution in [0, 0.1) is 6.92 Å². The molecule has 2 aromatic heterocycles. The van der Waals surface area contributed by atoms with Gasteiger partial charge in [0.15, 0.2) is 0 Å². The molecule has 0 bridgehead atoms. The summed E-state index contributed by atoms with van der Waals surface area (Å²) in [5, 5.41) is 4.78. The van der Waals surface area contributed by atoms with Crippen molar-refractivity contribution in [3.05, 3.63) is 16.3 Å². The molecular formula is C19H26N4OS. The Morgan fingerprint density at radius 2 is 2.04 bits per heavy atom. The molecule has 1 fully saturated rings. The van der Waals surface area contributed by atoms with Gasteiger partial charge in [0.2, 0.25) is 5.91 Å². The Balaban J connectivity index is 1.42. The summed E-state index contributed by atoms with van der Waals surface area (Å²) in [7, 11) is 0. The second-order valence-electron chi connectivity index (χ2n) is 7.13. The second kappa shape index (κ2) is 7.28. The minimum atomic E-state index is 0.327. The number of hydrogen-bond donors (Lipinski definition) is 1. The van der Waals surface area contributed by atoms with E-state index in [1.807, 2.05) is 23.2 Å². The number of rotatable bonds is 5. The molecule has 4 rings (SSSR count). The molecule has 1 N–H and O–H groups in total. The van der Waals surface area contributed by atoms with Crippen LogP contribution in [0.25, 0.3) is 10.2 Å². The minimum Gasteiger partial charge on any atom is -0.369 e. The molecule has 25 heavy (non-hydrogen) atoms. The molecule has 5 nitrogen and oxygen atoms in total. The van der Waals surface area contributed by atoms with E-state index in [1.165, 1.54) is 35.1 Å². The summed E-state index contributed by atoms with van der Waals surface area (Å²) in [5.74, 6) is 2.15. The van der Waals surface area contributed by atoms with Crippen molar-refractivity contribution in [1.29, 1.82) is 0 Å². The Morgan fingerprint density at radius 1 is 1.12 bits per heavy atom. The number of aromatic nitrogens is 2. The van der Waals surface area contributed by atoms with Gasteiger partial charge in [-0.15, -0.1) is 11.3 Å². The quantitative estimate of drug-likeness (QED) is 0.828. The summed E-state index contributed by atoms with van der Waals surface area (Å²) in [6.07, 6.45) is 8.65. The lowest BCUT2D eigenvalue weighted by Crippen LogP contribution is -2.32. The number of likely N-dealkylation sites (tertiary alicyclic amines) is 1. The van der Waals surface area contributed by atoms with Crippen molar-refractivity contribution in [2.24, 2.45) is 0 Å². The SMILES string of the molecule is Cc1nc(NCCCN2CCCCCC2=O)c2c3c(sc2n1)CCC3. The van der Waals surface area contributed by atoms with Crippen LogP contribution in [0.4, 0.5) is 5.82 Å². The van der Waals surface area contributed by atoms with Crippen molar-refractivity contribution in [3.8, 4) is 0 Å². The molecule has 0 radical (unpaired) electrons. The van der Waals surface area contributed by atoms with Crippen LogP contribution >= 0.6 is 11.3 Å². The molecule has 134 valence electrons. The first-order valence-electron chi connectivity index (χ1n) is 9.53. The fourth-order valence-corrected chi connectivity index (χ4v) is 5.29. The smallest absolute Gasteiger partial charge is 0.222 e. The summed E-state index contributed by atoms with van der Waals surface area (Å²) in [6.45, 7) is 4.58. The van der Waals surface area contributed by atoms with E-state index in [2.05, 4.69) is 15.3 Å². The average Bonchev–Trinajstić information content (AvgIpc) is 3.09. The average molecular weight is 359 g/mol. The zero-order valence-electron chi connectivity index (χ0n) is 14.9. The third kappa shape index (κ3) is 3.50. The second-order valence-corrected chi connectivity index (χ2v) is 8.21. The van der Waals surface area contributed by atoms with Gasteiger partial charge in [-0.1, -0.05) is 6.42 Å². The predicted molar refractivity (Wildman–Crippen MR) is 102 cm³/mol. The first-order chi connectivity index (χ1) is 12.2. The van der Waals surface area contributed by atoms with Gasteiger partial charge in [0.25, 0.3) is 0 Å². The van der Waals surface area contributed by atoms with Gasteiger partial charge >= 0.3 is 0 Å². The van der Waals surface area contributed by atoms with E-state index in [0.29, 0.717) is 5.91 Å².